The average molecular weight is 362 g/mol. The van der Waals surface area contributed by atoms with Gasteiger partial charge in [0.25, 0.3) is 0 Å². The van der Waals surface area contributed by atoms with Gasteiger partial charge in [0.2, 0.25) is 4.77 Å². The van der Waals surface area contributed by atoms with Crippen molar-refractivity contribution in [3.8, 4) is 11.5 Å². The molecule has 0 aliphatic carbocycles. The predicted molar refractivity (Wildman–Crippen MR) is 102 cm³/mol. The van der Waals surface area contributed by atoms with Crippen molar-refractivity contribution in [3.63, 3.8) is 0 Å². The third-order valence-electron chi connectivity index (χ3n) is 3.66. The highest BCUT2D eigenvalue weighted by Crippen LogP contribution is 2.28. The SMILES string of the molecule is CCCCCCOc1ccc(/C=N/n2c(C)n[nH]c2=S)cc1OCC. The quantitative estimate of drug-likeness (QED) is 0.384. The highest BCUT2D eigenvalue weighted by atomic mass is 32.1. The van der Waals surface area contributed by atoms with E-state index >= 15 is 0 Å². The molecule has 1 N–H and O–H groups in total. The second-order valence-electron chi connectivity index (χ2n) is 5.68. The van der Waals surface area contributed by atoms with Gasteiger partial charge in [0, 0.05) is 0 Å². The van der Waals surface area contributed by atoms with Crippen LogP contribution in [-0.2, 0) is 0 Å². The molecule has 2 aromatic rings. The molecule has 1 heterocycles. The molecular formula is C18H26N4O2S. The Morgan fingerprint density at radius 2 is 2.04 bits per heavy atom. The Hall–Kier alpha value is -2.15. The van der Waals surface area contributed by atoms with Gasteiger partial charge in [-0.1, -0.05) is 26.2 Å². The number of benzene rings is 1. The number of nitrogens with zero attached hydrogens (tertiary/aromatic N) is 3. The van der Waals surface area contributed by atoms with E-state index in [1.54, 1.807) is 10.9 Å². The number of H-pyrrole nitrogens is 1. The maximum atomic E-state index is 5.87. The summed E-state index contributed by atoms with van der Waals surface area (Å²) < 4.78 is 13.6. The highest BCUT2D eigenvalue weighted by Gasteiger charge is 2.06. The molecule has 2 rings (SSSR count). The van der Waals surface area contributed by atoms with Crippen LogP contribution >= 0.6 is 12.2 Å². The average Bonchev–Trinajstić information content (AvgIpc) is 2.93. The number of aromatic amines is 1. The van der Waals surface area contributed by atoms with Gasteiger partial charge in [0.1, 0.15) is 5.82 Å². The third-order valence-corrected chi connectivity index (χ3v) is 3.92. The second-order valence-corrected chi connectivity index (χ2v) is 6.07. The summed E-state index contributed by atoms with van der Waals surface area (Å²) in [6.07, 6.45) is 6.44. The molecule has 0 spiro atoms. The lowest BCUT2D eigenvalue weighted by molar-refractivity contribution is 0.270. The summed E-state index contributed by atoms with van der Waals surface area (Å²) in [5.74, 6) is 2.21. The summed E-state index contributed by atoms with van der Waals surface area (Å²) in [7, 11) is 0. The first kappa shape index (κ1) is 19.2. The zero-order valence-electron chi connectivity index (χ0n) is 15.1. The minimum atomic E-state index is 0.464. The smallest absolute Gasteiger partial charge is 0.216 e. The topological polar surface area (TPSA) is 64.4 Å². The van der Waals surface area contributed by atoms with Crippen LogP contribution in [0.5, 0.6) is 11.5 Å². The summed E-state index contributed by atoms with van der Waals surface area (Å²) in [5, 5.41) is 11.1. The molecule has 0 amide bonds. The van der Waals surface area contributed by atoms with Gasteiger partial charge < -0.3 is 9.47 Å². The standard InChI is InChI=1S/C18H26N4O2S/c1-4-6-7-8-11-24-16-10-9-15(12-17(16)23-5-2)13-19-22-14(3)20-21-18(22)25/h9-10,12-13H,4-8,11H2,1-3H3,(H,21,25)/b19-13+. The Morgan fingerprint density at radius 1 is 1.20 bits per heavy atom. The first-order chi connectivity index (χ1) is 12.2. The van der Waals surface area contributed by atoms with Crippen LogP contribution in [0.1, 0.15) is 50.9 Å². The lowest BCUT2D eigenvalue weighted by Crippen LogP contribution is -2.02. The van der Waals surface area contributed by atoms with Crippen molar-refractivity contribution in [1.82, 2.24) is 14.9 Å². The molecule has 7 heteroatoms. The van der Waals surface area contributed by atoms with Crippen molar-refractivity contribution in [3.05, 3.63) is 34.4 Å². The maximum Gasteiger partial charge on any atom is 0.216 e. The summed E-state index contributed by atoms with van der Waals surface area (Å²) in [6.45, 7) is 7.28. The van der Waals surface area contributed by atoms with Gasteiger partial charge in [-0.15, -0.1) is 0 Å². The molecule has 0 saturated heterocycles. The van der Waals surface area contributed by atoms with Gasteiger partial charge in [-0.25, -0.2) is 0 Å². The van der Waals surface area contributed by atoms with Crippen LogP contribution in [0.25, 0.3) is 0 Å². The Bertz CT molecular complexity index is 752. The van der Waals surface area contributed by atoms with E-state index in [4.69, 9.17) is 21.7 Å². The lowest BCUT2D eigenvalue weighted by atomic mass is 10.2. The van der Waals surface area contributed by atoms with Crippen molar-refractivity contribution >= 4 is 18.4 Å². The van der Waals surface area contributed by atoms with Crippen LogP contribution in [0, 0.1) is 11.7 Å². The molecule has 0 radical (unpaired) electrons. The van der Waals surface area contributed by atoms with Crippen LogP contribution in [-0.4, -0.2) is 34.3 Å². The molecule has 25 heavy (non-hydrogen) atoms. The zero-order chi connectivity index (χ0) is 18.1. The molecule has 0 saturated carbocycles. The minimum absolute atomic E-state index is 0.464. The second kappa shape index (κ2) is 9.98. The number of hydrogen-bond donors (Lipinski definition) is 1. The van der Waals surface area contributed by atoms with E-state index in [9.17, 15) is 0 Å². The van der Waals surface area contributed by atoms with E-state index in [1.807, 2.05) is 32.0 Å². The normalized spacial score (nSPS) is 11.2. The molecule has 0 aliphatic rings. The summed E-state index contributed by atoms with van der Waals surface area (Å²) in [6, 6.07) is 5.80. The fourth-order valence-corrected chi connectivity index (χ4v) is 2.56. The molecular weight excluding hydrogens is 336 g/mol. The van der Waals surface area contributed by atoms with Gasteiger partial charge in [-0.3, -0.25) is 5.10 Å². The van der Waals surface area contributed by atoms with E-state index in [2.05, 4.69) is 22.2 Å². The van der Waals surface area contributed by atoms with Gasteiger partial charge in [-0.2, -0.15) is 14.9 Å². The first-order valence-corrected chi connectivity index (χ1v) is 9.14. The van der Waals surface area contributed by atoms with Crippen LogP contribution in [0.15, 0.2) is 23.3 Å². The number of ether oxygens (including phenoxy) is 2. The number of rotatable bonds is 10. The molecule has 0 fully saturated rings. The minimum Gasteiger partial charge on any atom is -0.490 e. The largest absolute Gasteiger partial charge is 0.490 e. The van der Waals surface area contributed by atoms with Crippen LogP contribution in [0.3, 0.4) is 0 Å². The van der Waals surface area contributed by atoms with E-state index in [0.29, 0.717) is 23.8 Å². The maximum absolute atomic E-state index is 5.87. The van der Waals surface area contributed by atoms with Crippen LogP contribution in [0.4, 0.5) is 0 Å². The molecule has 1 aromatic heterocycles. The summed E-state index contributed by atoms with van der Waals surface area (Å²) >= 11 is 5.14. The Morgan fingerprint density at radius 3 is 2.72 bits per heavy atom. The summed E-state index contributed by atoms with van der Waals surface area (Å²) in [5.41, 5.74) is 0.907. The molecule has 1 aromatic carbocycles. The van der Waals surface area contributed by atoms with Crippen LogP contribution < -0.4 is 9.47 Å². The van der Waals surface area contributed by atoms with E-state index < -0.39 is 0 Å². The first-order valence-electron chi connectivity index (χ1n) is 8.73. The number of aryl methyl sites for hydroxylation is 1. The highest BCUT2D eigenvalue weighted by molar-refractivity contribution is 7.71. The van der Waals surface area contributed by atoms with E-state index in [1.165, 1.54) is 19.3 Å². The van der Waals surface area contributed by atoms with Crippen molar-refractivity contribution in [2.24, 2.45) is 5.10 Å². The lowest BCUT2D eigenvalue weighted by Gasteiger charge is -2.12. The van der Waals surface area contributed by atoms with Crippen molar-refractivity contribution in [2.45, 2.75) is 46.5 Å². The number of nitrogens with one attached hydrogen (secondary N) is 1. The molecule has 0 aliphatic heterocycles. The Kier molecular flexibility index (Phi) is 7.66. The Balaban J connectivity index is 2.08. The molecule has 0 atom stereocenters. The summed E-state index contributed by atoms with van der Waals surface area (Å²) in [4.78, 5) is 0. The van der Waals surface area contributed by atoms with Gasteiger partial charge in [0.05, 0.1) is 19.4 Å². The molecule has 0 bridgehead atoms. The fraction of sp³-hybridized carbons (Fsp3) is 0.500. The van der Waals surface area contributed by atoms with Gasteiger partial charge in [-0.05, 0) is 56.2 Å². The number of unbranched alkanes of at least 4 members (excludes halogenated alkanes) is 3. The van der Waals surface area contributed by atoms with E-state index in [-0.39, 0.29) is 0 Å². The van der Waals surface area contributed by atoms with Gasteiger partial charge >= 0.3 is 0 Å². The van der Waals surface area contributed by atoms with E-state index in [0.717, 1.165) is 23.5 Å². The zero-order valence-corrected chi connectivity index (χ0v) is 15.9. The molecule has 0 unspecified atom stereocenters. The number of aromatic nitrogens is 3. The third kappa shape index (κ3) is 5.70. The number of hydrogen-bond acceptors (Lipinski definition) is 5. The van der Waals surface area contributed by atoms with Crippen molar-refractivity contribution < 1.29 is 9.47 Å². The van der Waals surface area contributed by atoms with Gasteiger partial charge in [0.15, 0.2) is 11.5 Å². The van der Waals surface area contributed by atoms with Crippen molar-refractivity contribution in [2.75, 3.05) is 13.2 Å². The van der Waals surface area contributed by atoms with Crippen LogP contribution in [0.2, 0.25) is 0 Å². The predicted octanol–water partition coefficient (Wildman–Crippen LogP) is 4.49. The van der Waals surface area contributed by atoms with Crippen molar-refractivity contribution in [1.29, 1.82) is 0 Å². The Labute approximate surface area is 153 Å². The monoisotopic (exact) mass is 362 g/mol. The fourth-order valence-electron chi connectivity index (χ4n) is 2.33. The molecule has 6 nitrogen and oxygen atoms in total. The molecule has 136 valence electrons.